The van der Waals surface area contributed by atoms with Gasteiger partial charge in [0.25, 0.3) is 0 Å². The summed E-state index contributed by atoms with van der Waals surface area (Å²) in [5, 5.41) is 0. The minimum absolute atomic E-state index is 0.0854. The molecule has 5 rings (SSSR count). The van der Waals surface area contributed by atoms with Crippen LogP contribution in [0.3, 0.4) is 0 Å². The lowest BCUT2D eigenvalue weighted by Crippen LogP contribution is -2.44. The van der Waals surface area contributed by atoms with Gasteiger partial charge >= 0.3 is 0 Å². The average molecular weight is 366 g/mol. The molecule has 3 aliphatic rings. The lowest BCUT2D eigenvalue weighted by atomic mass is 9.77. The van der Waals surface area contributed by atoms with Crippen molar-refractivity contribution in [2.24, 2.45) is 5.92 Å². The molecule has 4 heterocycles. The van der Waals surface area contributed by atoms with E-state index in [1.54, 1.807) is 13.3 Å². The number of carbonyl (C=O) groups excluding carboxylic acids is 1. The Labute approximate surface area is 158 Å². The molecule has 1 saturated heterocycles. The number of aromatic nitrogens is 1. The second-order valence-electron chi connectivity index (χ2n) is 7.41. The smallest absolute Gasteiger partial charge is 0.245 e. The first kappa shape index (κ1) is 16.6. The van der Waals surface area contributed by atoms with Crippen molar-refractivity contribution in [1.82, 2.24) is 4.98 Å². The number of anilines is 1. The number of pyridine rings is 1. The molecule has 1 atom stereocenters. The van der Waals surface area contributed by atoms with E-state index in [0.29, 0.717) is 24.2 Å². The largest absolute Gasteiger partial charge is 0.490 e. The summed E-state index contributed by atoms with van der Waals surface area (Å²) in [6.07, 6.45) is 3.63. The summed E-state index contributed by atoms with van der Waals surface area (Å²) in [6, 6.07) is 9.91. The molecule has 0 N–H and O–H groups in total. The molecule has 1 aromatic carbocycles. The van der Waals surface area contributed by atoms with Crippen LogP contribution in [0.2, 0.25) is 0 Å². The topological polar surface area (TPSA) is 60.9 Å². The van der Waals surface area contributed by atoms with Crippen molar-refractivity contribution in [2.45, 2.75) is 18.3 Å². The molecule has 2 aromatic rings. The van der Waals surface area contributed by atoms with Crippen LogP contribution in [0.4, 0.5) is 5.69 Å². The van der Waals surface area contributed by atoms with Gasteiger partial charge in [0.2, 0.25) is 11.8 Å². The molecule has 3 aliphatic heterocycles. The summed E-state index contributed by atoms with van der Waals surface area (Å²) in [6.45, 7) is 2.57. The Morgan fingerprint density at radius 1 is 1.26 bits per heavy atom. The third-order valence-electron chi connectivity index (χ3n) is 6.00. The summed E-state index contributed by atoms with van der Waals surface area (Å²) in [7, 11) is 1.58. The Balaban J connectivity index is 1.60. The molecule has 1 fully saturated rings. The maximum Gasteiger partial charge on any atom is 0.245 e. The quantitative estimate of drug-likeness (QED) is 0.835. The van der Waals surface area contributed by atoms with Crippen molar-refractivity contribution in [3.8, 4) is 11.6 Å². The molecule has 0 aliphatic carbocycles. The van der Waals surface area contributed by atoms with E-state index in [2.05, 4.69) is 4.98 Å². The SMILES string of the molecule is COc1cc2c(cn1)OCC21C(=O)N(CC2CCOCC2)c2ccccc21. The Kier molecular flexibility index (Phi) is 3.82. The summed E-state index contributed by atoms with van der Waals surface area (Å²) in [5.74, 6) is 1.69. The fraction of sp³-hybridized carbons (Fsp3) is 0.429. The number of amides is 1. The number of rotatable bonds is 3. The van der Waals surface area contributed by atoms with Crippen molar-refractivity contribution < 1.29 is 19.0 Å². The van der Waals surface area contributed by atoms with Crippen LogP contribution in [0.25, 0.3) is 0 Å². The predicted molar refractivity (Wildman–Crippen MR) is 99.4 cm³/mol. The molecular weight excluding hydrogens is 344 g/mol. The highest BCUT2D eigenvalue weighted by Gasteiger charge is 2.57. The zero-order valence-corrected chi connectivity index (χ0v) is 15.3. The highest BCUT2D eigenvalue weighted by atomic mass is 16.5. The summed E-state index contributed by atoms with van der Waals surface area (Å²) >= 11 is 0. The van der Waals surface area contributed by atoms with E-state index in [1.807, 2.05) is 35.2 Å². The zero-order chi connectivity index (χ0) is 18.4. The molecule has 1 unspecified atom stereocenters. The van der Waals surface area contributed by atoms with Gasteiger partial charge in [0.1, 0.15) is 17.8 Å². The minimum atomic E-state index is -0.812. The van der Waals surface area contributed by atoms with Crippen molar-refractivity contribution in [2.75, 3.05) is 38.4 Å². The number of para-hydroxylation sites is 1. The number of benzene rings is 1. The van der Waals surface area contributed by atoms with E-state index in [9.17, 15) is 4.79 Å². The highest BCUT2D eigenvalue weighted by molar-refractivity contribution is 6.11. The van der Waals surface area contributed by atoms with Crippen molar-refractivity contribution in [3.05, 3.63) is 47.7 Å². The van der Waals surface area contributed by atoms with Gasteiger partial charge in [-0.3, -0.25) is 4.79 Å². The lowest BCUT2D eigenvalue weighted by Gasteiger charge is -2.28. The van der Waals surface area contributed by atoms with Crippen LogP contribution in [0.1, 0.15) is 24.0 Å². The first-order chi connectivity index (χ1) is 13.2. The van der Waals surface area contributed by atoms with Crippen LogP contribution in [-0.2, 0) is 14.9 Å². The first-order valence-corrected chi connectivity index (χ1v) is 9.40. The molecule has 1 amide bonds. The van der Waals surface area contributed by atoms with Gasteiger partial charge in [0.15, 0.2) is 0 Å². The zero-order valence-electron chi connectivity index (χ0n) is 15.3. The van der Waals surface area contributed by atoms with Crippen LogP contribution in [0, 0.1) is 5.92 Å². The Hall–Kier alpha value is -2.60. The van der Waals surface area contributed by atoms with Gasteiger partial charge in [-0.1, -0.05) is 18.2 Å². The molecule has 0 bridgehead atoms. The van der Waals surface area contributed by atoms with E-state index in [4.69, 9.17) is 14.2 Å². The molecule has 1 aromatic heterocycles. The van der Waals surface area contributed by atoms with Crippen LogP contribution in [0.5, 0.6) is 11.6 Å². The van der Waals surface area contributed by atoms with Crippen molar-refractivity contribution in [1.29, 1.82) is 0 Å². The number of hydrogen-bond acceptors (Lipinski definition) is 5. The molecule has 27 heavy (non-hydrogen) atoms. The number of methoxy groups -OCH3 is 1. The number of ether oxygens (including phenoxy) is 3. The molecule has 0 saturated carbocycles. The van der Waals surface area contributed by atoms with Crippen LogP contribution in [-0.4, -0.2) is 44.4 Å². The summed E-state index contributed by atoms with van der Waals surface area (Å²) in [4.78, 5) is 20.0. The monoisotopic (exact) mass is 366 g/mol. The molecule has 6 nitrogen and oxygen atoms in total. The van der Waals surface area contributed by atoms with E-state index < -0.39 is 5.41 Å². The number of fused-ring (bicyclic) bond motifs is 4. The van der Waals surface area contributed by atoms with E-state index >= 15 is 0 Å². The number of carbonyl (C=O) groups is 1. The number of nitrogens with zero attached hydrogens (tertiary/aromatic N) is 2. The molecule has 1 spiro atoms. The second kappa shape index (κ2) is 6.23. The maximum absolute atomic E-state index is 13.8. The molecule has 6 heteroatoms. The Morgan fingerprint density at radius 2 is 2.07 bits per heavy atom. The molecule has 140 valence electrons. The van der Waals surface area contributed by atoms with Gasteiger partial charge in [0.05, 0.1) is 13.3 Å². The fourth-order valence-corrected chi connectivity index (χ4v) is 4.54. The van der Waals surface area contributed by atoms with Gasteiger partial charge in [-0.2, -0.15) is 0 Å². The first-order valence-electron chi connectivity index (χ1n) is 9.40. The van der Waals surface area contributed by atoms with Gasteiger partial charge in [-0.25, -0.2) is 4.98 Å². The lowest BCUT2D eigenvalue weighted by molar-refractivity contribution is -0.122. The van der Waals surface area contributed by atoms with Gasteiger partial charge in [-0.05, 0) is 30.4 Å². The van der Waals surface area contributed by atoms with E-state index in [-0.39, 0.29) is 5.91 Å². The third kappa shape index (κ3) is 2.36. The van der Waals surface area contributed by atoms with E-state index in [1.165, 1.54) is 0 Å². The van der Waals surface area contributed by atoms with Crippen molar-refractivity contribution in [3.63, 3.8) is 0 Å². The van der Waals surface area contributed by atoms with Gasteiger partial charge in [-0.15, -0.1) is 0 Å². The predicted octanol–water partition coefficient (Wildman–Crippen LogP) is 2.54. The summed E-state index contributed by atoms with van der Waals surface area (Å²) in [5.41, 5.74) is 2.03. The van der Waals surface area contributed by atoms with Crippen LogP contribution < -0.4 is 14.4 Å². The maximum atomic E-state index is 13.8. The third-order valence-corrected chi connectivity index (χ3v) is 6.00. The van der Waals surface area contributed by atoms with Crippen LogP contribution >= 0.6 is 0 Å². The fourth-order valence-electron chi connectivity index (χ4n) is 4.54. The van der Waals surface area contributed by atoms with Crippen LogP contribution in [0.15, 0.2) is 36.5 Å². The summed E-state index contributed by atoms with van der Waals surface area (Å²) < 4.78 is 16.7. The van der Waals surface area contributed by atoms with E-state index in [0.717, 1.165) is 49.4 Å². The minimum Gasteiger partial charge on any atom is -0.490 e. The number of hydrogen-bond donors (Lipinski definition) is 0. The normalized spacial score (nSPS) is 24.0. The standard InChI is InChI=1S/C21H22N2O4/c1-25-19-10-16-18(11-22-19)27-13-21(16)15-4-2-3-5-17(15)23(20(21)24)12-14-6-8-26-9-7-14/h2-5,10-11,14H,6-9,12-13H2,1H3. The van der Waals surface area contributed by atoms with Gasteiger partial charge < -0.3 is 19.1 Å². The molecule has 0 radical (unpaired) electrons. The molecular formula is C21H22N2O4. The average Bonchev–Trinajstić information content (AvgIpc) is 3.21. The Bertz CT molecular complexity index is 894. The van der Waals surface area contributed by atoms with Crippen molar-refractivity contribution >= 4 is 11.6 Å². The van der Waals surface area contributed by atoms with Gasteiger partial charge in [0, 0.05) is 37.1 Å². The second-order valence-corrected chi connectivity index (χ2v) is 7.41. The Morgan fingerprint density at radius 3 is 2.89 bits per heavy atom. The highest BCUT2D eigenvalue weighted by Crippen LogP contribution is 2.52.